The van der Waals surface area contributed by atoms with E-state index in [0.29, 0.717) is 49.2 Å². The third-order valence-corrected chi connectivity index (χ3v) is 5.54. The molecule has 1 N–H and O–H groups in total. The van der Waals surface area contributed by atoms with Gasteiger partial charge in [-0.05, 0) is 62.3 Å². The summed E-state index contributed by atoms with van der Waals surface area (Å²) < 4.78 is 21.8. The van der Waals surface area contributed by atoms with Crippen molar-refractivity contribution in [2.45, 2.75) is 20.3 Å². The molecule has 10 nitrogen and oxygen atoms in total. The molecule has 34 heavy (non-hydrogen) atoms. The molecule has 1 amide bonds. The van der Waals surface area contributed by atoms with Gasteiger partial charge >= 0.3 is 0 Å². The van der Waals surface area contributed by atoms with Crippen LogP contribution in [0.1, 0.15) is 25.0 Å². The number of nitrogens with zero attached hydrogens (tertiary/aromatic N) is 2. The number of amides is 1. The van der Waals surface area contributed by atoms with Crippen LogP contribution in [0.5, 0.6) is 23.0 Å². The summed E-state index contributed by atoms with van der Waals surface area (Å²) in [5, 5.41) is 14.6. The Hall–Kier alpha value is -3.86. The monoisotopic (exact) mass is 485 g/mol. The van der Waals surface area contributed by atoms with E-state index in [1.807, 2.05) is 32.0 Å². The van der Waals surface area contributed by atoms with E-state index >= 15 is 0 Å². The largest absolute Gasteiger partial charge is 0.490 e. The van der Waals surface area contributed by atoms with E-state index in [0.717, 1.165) is 5.56 Å². The molecule has 2 aromatic carbocycles. The number of hydrogen-bond acceptors (Lipinski definition) is 8. The molecule has 0 atom stereocenters. The number of carbonyl (C=O) groups is 1. The van der Waals surface area contributed by atoms with Crippen molar-refractivity contribution in [3.8, 4) is 23.0 Å². The van der Waals surface area contributed by atoms with Crippen LogP contribution in [-0.4, -0.2) is 47.4 Å². The number of nitrogens with one attached hydrogen (secondary N) is 1. The van der Waals surface area contributed by atoms with Crippen LogP contribution in [0, 0.1) is 10.1 Å². The smallest absolute Gasteiger partial charge is 0.280 e. The maximum absolute atomic E-state index is 13.0. The number of rotatable bonds is 9. The lowest BCUT2D eigenvalue weighted by atomic mass is 10.1. The van der Waals surface area contributed by atoms with Crippen LogP contribution in [0.25, 0.3) is 6.08 Å². The minimum absolute atomic E-state index is 0.0158. The summed E-state index contributed by atoms with van der Waals surface area (Å²) in [6.07, 6.45) is 1.93. The zero-order valence-corrected chi connectivity index (χ0v) is 19.5. The minimum Gasteiger partial charge on any atom is -0.490 e. The molecule has 2 aliphatic rings. The third kappa shape index (κ3) is 4.74. The van der Waals surface area contributed by atoms with Crippen LogP contribution in [0.2, 0.25) is 0 Å². The van der Waals surface area contributed by atoms with Gasteiger partial charge in [-0.25, -0.2) is 0 Å². The number of nitro groups is 1. The lowest BCUT2D eigenvalue weighted by Gasteiger charge is -2.15. The summed E-state index contributed by atoms with van der Waals surface area (Å²) in [4.78, 5) is 25.4. The maximum Gasteiger partial charge on any atom is 0.280 e. The molecule has 4 rings (SSSR count). The molecule has 1 saturated heterocycles. The minimum atomic E-state index is -0.536. The molecule has 0 unspecified atom stereocenters. The van der Waals surface area contributed by atoms with Crippen LogP contribution in [0.15, 0.2) is 36.0 Å². The predicted octanol–water partition coefficient (Wildman–Crippen LogP) is 3.42. The zero-order chi connectivity index (χ0) is 24.2. The normalized spacial score (nSPS) is 15.6. The average molecular weight is 486 g/mol. The summed E-state index contributed by atoms with van der Waals surface area (Å²) in [5.74, 6) is 1.61. The summed E-state index contributed by atoms with van der Waals surface area (Å²) in [6, 6.07) is 8.40. The molecular weight excluding hydrogens is 462 g/mol. The Morgan fingerprint density at radius 2 is 1.85 bits per heavy atom. The van der Waals surface area contributed by atoms with E-state index in [9.17, 15) is 14.9 Å². The zero-order valence-electron chi connectivity index (χ0n) is 18.7. The summed E-state index contributed by atoms with van der Waals surface area (Å²) >= 11 is 5.34. The van der Waals surface area contributed by atoms with Crippen molar-refractivity contribution in [1.82, 2.24) is 10.2 Å². The molecule has 2 heterocycles. The lowest BCUT2D eigenvalue weighted by molar-refractivity contribution is -0.385. The van der Waals surface area contributed by atoms with Gasteiger partial charge in [0.1, 0.15) is 5.70 Å². The van der Waals surface area contributed by atoms with Crippen molar-refractivity contribution >= 4 is 35.0 Å². The standard InChI is InChI=1S/C23H23N3O7S/c1-3-30-18-6-5-14(9-19(18)31-4-2)7-8-25-22(27)16(24-23(25)34)10-15-11-20-21(33-13-32-20)12-17(15)26(28)29/h5-6,9-12H,3-4,7-8,13H2,1-2H3,(H,24,34)/b16-10+. The molecular formula is C23H23N3O7S. The van der Waals surface area contributed by atoms with Gasteiger partial charge in [-0.2, -0.15) is 0 Å². The number of nitro benzene ring substituents is 1. The van der Waals surface area contributed by atoms with Crippen molar-refractivity contribution in [3.05, 3.63) is 57.3 Å². The van der Waals surface area contributed by atoms with E-state index in [-0.39, 0.29) is 34.8 Å². The third-order valence-electron chi connectivity index (χ3n) is 5.21. The number of thiocarbonyl (C=S) groups is 1. The lowest BCUT2D eigenvalue weighted by Crippen LogP contribution is -2.32. The first kappa shape index (κ1) is 23.3. The molecule has 2 aromatic rings. The van der Waals surface area contributed by atoms with Crippen molar-refractivity contribution in [2.75, 3.05) is 26.6 Å². The first-order valence-corrected chi connectivity index (χ1v) is 11.1. The highest BCUT2D eigenvalue weighted by atomic mass is 32.1. The van der Waals surface area contributed by atoms with Gasteiger partial charge in [0.15, 0.2) is 28.1 Å². The molecule has 2 aliphatic heterocycles. The fraction of sp³-hybridized carbons (Fsp3) is 0.304. The van der Waals surface area contributed by atoms with Gasteiger partial charge in [0.25, 0.3) is 11.6 Å². The molecule has 11 heteroatoms. The van der Waals surface area contributed by atoms with Crippen LogP contribution < -0.4 is 24.3 Å². The number of hydrogen-bond donors (Lipinski definition) is 1. The molecule has 1 fully saturated rings. The quantitative estimate of drug-likeness (QED) is 0.247. The van der Waals surface area contributed by atoms with Crippen molar-refractivity contribution in [1.29, 1.82) is 0 Å². The molecule has 0 aromatic heterocycles. The van der Waals surface area contributed by atoms with Gasteiger partial charge in [-0.3, -0.25) is 19.8 Å². The van der Waals surface area contributed by atoms with E-state index in [1.165, 1.54) is 23.1 Å². The van der Waals surface area contributed by atoms with Crippen molar-refractivity contribution in [2.24, 2.45) is 0 Å². The predicted molar refractivity (Wildman–Crippen MR) is 127 cm³/mol. The highest BCUT2D eigenvalue weighted by molar-refractivity contribution is 7.80. The number of benzene rings is 2. The highest BCUT2D eigenvalue weighted by Gasteiger charge is 2.32. The van der Waals surface area contributed by atoms with Gasteiger partial charge in [0, 0.05) is 6.54 Å². The molecule has 0 spiro atoms. The Morgan fingerprint density at radius 3 is 2.56 bits per heavy atom. The number of carbonyl (C=O) groups excluding carboxylic acids is 1. The second kappa shape index (κ2) is 9.96. The van der Waals surface area contributed by atoms with Gasteiger partial charge < -0.3 is 24.3 Å². The molecule has 0 aliphatic carbocycles. The summed E-state index contributed by atoms with van der Waals surface area (Å²) in [7, 11) is 0. The Kier molecular flexibility index (Phi) is 6.82. The summed E-state index contributed by atoms with van der Waals surface area (Å²) in [6.45, 7) is 5.14. The van der Waals surface area contributed by atoms with Gasteiger partial charge in [0.2, 0.25) is 6.79 Å². The fourth-order valence-electron chi connectivity index (χ4n) is 3.64. The first-order chi connectivity index (χ1) is 16.4. The Labute approximate surface area is 201 Å². The molecule has 0 radical (unpaired) electrons. The molecule has 178 valence electrons. The average Bonchev–Trinajstić information content (AvgIpc) is 3.37. The molecule has 0 bridgehead atoms. The fourth-order valence-corrected chi connectivity index (χ4v) is 3.93. The number of ether oxygens (including phenoxy) is 4. The maximum atomic E-state index is 13.0. The SMILES string of the molecule is CCOc1ccc(CCN2C(=O)/C(=C\c3cc4c(cc3[N+](=O)[O-])OCO4)NC2=S)cc1OCC. The Balaban J connectivity index is 1.51. The first-order valence-electron chi connectivity index (χ1n) is 10.7. The van der Waals surface area contributed by atoms with Crippen LogP contribution in [0.3, 0.4) is 0 Å². The van der Waals surface area contributed by atoms with E-state index in [2.05, 4.69) is 5.32 Å². The second-order valence-electron chi connectivity index (χ2n) is 7.36. The van der Waals surface area contributed by atoms with E-state index < -0.39 is 4.92 Å². The van der Waals surface area contributed by atoms with Gasteiger partial charge in [0.05, 0.1) is 29.8 Å². The topological polar surface area (TPSA) is 112 Å². The van der Waals surface area contributed by atoms with E-state index in [1.54, 1.807) is 0 Å². The van der Waals surface area contributed by atoms with Crippen molar-refractivity contribution in [3.63, 3.8) is 0 Å². The van der Waals surface area contributed by atoms with Crippen LogP contribution >= 0.6 is 12.2 Å². The Bertz CT molecular complexity index is 1180. The van der Waals surface area contributed by atoms with Crippen molar-refractivity contribution < 1.29 is 28.7 Å². The summed E-state index contributed by atoms with van der Waals surface area (Å²) in [5.41, 5.74) is 1.11. The molecule has 0 saturated carbocycles. The van der Waals surface area contributed by atoms with E-state index in [4.69, 9.17) is 31.2 Å². The van der Waals surface area contributed by atoms with Crippen LogP contribution in [0.4, 0.5) is 5.69 Å². The number of fused-ring (bicyclic) bond motifs is 1. The van der Waals surface area contributed by atoms with Gasteiger partial charge in [-0.1, -0.05) is 6.07 Å². The highest BCUT2D eigenvalue weighted by Crippen LogP contribution is 2.39. The van der Waals surface area contributed by atoms with Gasteiger partial charge in [-0.15, -0.1) is 0 Å². The van der Waals surface area contributed by atoms with Crippen LogP contribution in [-0.2, 0) is 11.2 Å². The Morgan fingerprint density at radius 1 is 1.15 bits per heavy atom. The second-order valence-corrected chi connectivity index (χ2v) is 7.75.